The van der Waals surface area contributed by atoms with Crippen molar-refractivity contribution in [1.29, 1.82) is 0 Å². The summed E-state index contributed by atoms with van der Waals surface area (Å²) in [5, 5.41) is 0.686. The molecule has 1 aliphatic rings. The van der Waals surface area contributed by atoms with Gasteiger partial charge in [0.1, 0.15) is 4.90 Å². The van der Waals surface area contributed by atoms with Crippen LogP contribution >= 0.6 is 23.2 Å². The summed E-state index contributed by atoms with van der Waals surface area (Å²) in [6, 6.07) is 13.1. The molecule has 2 aromatic rings. The summed E-state index contributed by atoms with van der Waals surface area (Å²) in [5.74, 6) is -0.155. The van der Waals surface area contributed by atoms with Crippen LogP contribution in [-0.2, 0) is 10.0 Å². The van der Waals surface area contributed by atoms with Crippen LogP contribution in [0.15, 0.2) is 53.4 Å². The first-order valence-electron chi connectivity index (χ1n) is 7.69. The van der Waals surface area contributed by atoms with E-state index in [1.807, 2.05) is 0 Å². The smallest absolute Gasteiger partial charge is 0.253 e. The zero-order valence-corrected chi connectivity index (χ0v) is 15.6. The van der Waals surface area contributed by atoms with Gasteiger partial charge in [-0.25, -0.2) is 8.42 Å². The Morgan fingerprint density at radius 2 is 1.60 bits per heavy atom. The van der Waals surface area contributed by atoms with Crippen molar-refractivity contribution in [3.63, 3.8) is 0 Å². The number of benzene rings is 2. The van der Waals surface area contributed by atoms with Gasteiger partial charge in [-0.3, -0.25) is 4.79 Å². The quantitative estimate of drug-likeness (QED) is 0.797. The highest BCUT2D eigenvalue weighted by molar-refractivity contribution is 7.89. The van der Waals surface area contributed by atoms with Crippen molar-refractivity contribution in [3.8, 4) is 0 Å². The van der Waals surface area contributed by atoms with Crippen molar-refractivity contribution in [3.05, 3.63) is 64.1 Å². The van der Waals surface area contributed by atoms with Crippen LogP contribution in [0.25, 0.3) is 0 Å². The topological polar surface area (TPSA) is 57.7 Å². The molecular formula is C17H16Cl2N2O3S. The number of rotatable bonds is 3. The van der Waals surface area contributed by atoms with Gasteiger partial charge in [0.25, 0.3) is 5.91 Å². The lowest BCUT2D eigenvalue weighted by atomic mass is 10.2. The SMILES string of the molecule is O=C(c1cccc(Cl)c1)N1CCN(S(=O)(=O)c2ccccc2Cl)CC1. The minimum absolute atomic E-state index is 0.0892. The van der Waals surface area contributed by atoms with Gasteiger partial charge in [0, 0.05) is 36.8 Å². The van der Waals surface area contributed by atoms with Gasteiger partial charge < -0.3 is 4.90 Å². The van der Waals surface area contributed by atoms with Crippen LogP contribution in [0.4, 0.5) is 0 Å². The van der Waals surface area contributed by atoms with Crippen molar-refractivity contribution in [2.45, 2.75) is 4.90 Å². The van der Waals surface area contributed by atoms with E-state index in [0.717, 1.165) is 0 Å². The summed E-state index contributed by atoms with van der Waals surface area (Å²) < 4.78 is 26.8. The summed E-state index contributed by atoms with van der Waals surface area (Å²) >= 11 is 11.9. The number of amides is 1. The molecule has 0 atom stereocenters. The molecule has 2 aromatic carbocycles. The number of halogens is 2. The Morgan fingerprint density at radius 3 is 2.24 bits per heavy atom. The molecule has 0 aliphatic carbocycles. The van der Waals surface area contributed by atoms with Crippen molar-refractivity contribution in [1.82, 2.24) is 9.21 Å². The first-order chi connectivity index (χ1) is 11.9. The second kappa shape index (κ2) is 7.33. The summed E-state index contributed by atoms with van der Waals surface area (Å²) in [5.41, 5.74) is 0.495. The van der Waals surface area contributed by atoms with Crippen molar-refractivity contribution in [2.75, 3.05) is 26.2 Å². The van der Waals surface area contributed by atoms with Crippen molar-refractivity contribution < 1.29 is 13.2 Å². The molecule has 0 spiro atoms. The van der Waals surface area contributed by atoms with E-state index in [2.05, 4.69) is 0 Å². The maximum atomic E-state index is 12.7. The third-order valence-electron chi connectivity index (χ3n) is 4.05. The molecule has 1 aliphatic heterocycles. The lowest BCUT2D eigenvalue weighted by molar-refractivity contribution is 0.0698. The van der Waals surface area contributed by atoms with Crippen molar-refractivity contribution >= 4 is 39.1 Å². The van der Waals surface area contributed by atoms with Gasteiger partial charge in [-0.2, -0.15) is 4.31 Å². The molecule has 0 N–H and O–H groups in total. The zero-order chi connectivity index (χ0) is 18.0. The first kappa shape index (κ1) is 18.2. The lowest BCUT2D eigenvalue weighted by Gasteiger charge is -2.34. The van der Waals surface area contributed by atoms with E-state index in [0.29, 0.717) is 23.7 Å². The molecule has 1 fully saturated rings. The van der Waals surface area contributed by atoms with Crippen LogP contribution < -0.4 is 0 Å². The number of piperazine rings is 1. The Morgan fingerprint density at radius 1 is 0.920 bits per heavy atom. The van der Waals surface area contributed by atoms with Crippen LogP contribution in [0.3, 0.4) is 0 Å². The molecule has 3 rings (SSSR count). The molecule has 0 radical (unpaired) electrons. The highest BCUT2D eigenvalue weighted by Gasteiger charge is 2.31. The molecule has 0 bridgehead atoms. The van der Waals surface area contributed by atoms with Crippen LogP contribution in [0.2, 0.25) is 10.0 Å². The van der Waals surface area contributed by atoms with E-state index in [1.165, 1.54) is 10.4 Å². The maximum Gasteiger partial charge on any atom is 0.253 e. The predicted molar refractivity (Wildman–Crippen MR) is 97.6 cm³/mol. The largest absolute Gasteiger partial charge is 0.336 e. The van der Waals surface area contributed by atoms with Gasteiger partial charge in [-0.15, -0.1) is 0 Å². The van der Waals surface area contributed by atoms with Gasteiger partial charge in [0.05, 0.1) is 5.02 Å². The van der Waals surface area contributed by atoms with Gasteiger partial charge in [-0.05, 0) is 30.3 Å². The number of sulfonamides is 1. The van der Waals surface area contributed by atoms with Gasteiger partial charge in [0.2, 0.25) is 10.0 Å². The fourth-order valence-corrected chi connectivity index (χ4v) is 4.83. The molecule has 5 nitrogen and oxygen atoms in total. The second-order valence-electron chi connectivity index (χ2n) is 5.64. The second-order valence-corrected chi connectivity index (χ2v) is 8.39. The standard InChI is InChI=1S/C17H16Cl2N2O3S/c18-14-5-3-4-13(12-14)17(22)20-8-10-21(11-9-20)25(23,24)16-7-2-1-6-15(16)19/h1-7,12H,8-11H2. The van der Waals surface area contributed by atoms with Crippen LogP contribution in [-0.4, -0.2) is 49.7 Å². The van der Waals surface area contributed by atoms with E-state index < -0.39 is 10.0 Å². The third-order valence-corrected chi connectivity index (χ3v) is 6.69. The Balaban J connectivity index is 1.72. The minimum Gasteiger partial charge on any atom is -0.336 e. The number of hydrogen-bond donors (Lipinski definition) is 0. The van der Waals surface area contributed by atoms with Gasteiger partial charge in [-0.1, -0.05) is 41.4 Å². The molecule has 0 aromatic heterocycles. The zero-order valence-electron chi connectivity index (χ0n) is 13.2. The van der Waals surface area contributed by atoms with Crippen LogP contribution in [0, 0.1) is 0 Å². The van der Waals surface area contributed by atoms with Crippen LogP contribution in [0.1, 0.15) is 10.4 Å². The van der Waals surface area contributed by atoms with Gasteiger partial charge in [0.15, 0.2) is 0 Å². The summed E-state index contributed by atoms with van der Waals surface area (Å²) in [6.45, 7) is 1.07. The molecule has 25 heavy (non-hydrogen) atoms. The van der Waals surface area contributed by atoms with E-state index >= 15 is 0 Å². The molecule has 132 valence electrons. The summed E-state index contributed by atoms with van der Waals surface area (Å²) in [7, 11) is -3.67. The van der Waals surface area contributed by atoms with E-state index in [9.17, 15) is 13.2 Å². The molecule has 0 unspecified atom stereocenters. The van der Waals surface area contributed by atoms with E-state index in [1.54, 1.807) is 47.4 Å². The molecule has 1 heterocycles. The molecular weight excluding hydrogens is 383 g/mol. The number of hydrogen-bond acceptors (Lipinski definition) is 3. The molecule has 0 saturated carbocycles. The number of carbonyl (C=O) groups excluding carboxylic acids is 1. The van der Waals surface area contributed by atoms with Gasteiger partial charge >= 0.3 is 0 Å². The molecule has 1 amide bonds. The average molecular weight is 399 g/mol. The average Bonchev–Trinajstić information content (AvgIpc) is 2.61. The highest BCUT2D eigenvalue weighted by Crippen LogP contribution is 2.25. The first-order valence-corrected chi connectivity index (χ1v) is 9.89. The van der Waals surface area contributed by atoms with Crippen molar-refractivity contribution in [2.24, 2.45) is 0 Å². The monoisotopic (exact) mass is 398 g/mol. The minimum atomic E-state index is -3.67. The summed E-state index contributed by atoms with van der Waals surface area (Å²) in [6.07, 6.45) is 0. The van der Waals surface area contributed by atoms with E-state index in [4.69, 9.17) is 23.2 Å². The van der Waals surface area contributed by atoms with E-state index in [-0.39, 0.29) is 28.9 Å². The third kappa shape index (κ3) is 3.82. The van der Waals surface area contributed by atoms with Crippen LogP contribution in [0.5, 0.6) is 0 Å². The maximum absolute atomic E-state index is 12.7. The molecule has 8 heteroatoms. The lowest BCUT2D eigenvalue weighted by Crippen LogP contribution is -2.50. The fraction of sp³-hybridized carbons (Fsp3) is 0.235. The Bertz CT molecular complexity index is 894. The summed E-state index contributed by atoms with van der Waals surface area (Å²) in [4.78, 5) is 14.2. The molecule has 1 saturated heterocycles. The predicted octanol–water partition coefficient (Wildman–Crippen LogP) is 3.14. The Labute approximate surface area is 156 Å². The Kier molecular flexibility index (Phi) is 5.34. The highest BCUT2D eigenvalue weighted by atomic mass is 35.5. The number of carbonyl (C=O) groups is 1. The number of nitrogens with zero attached hydrogens (tertiary/aromatic N) is 2. The Hall–Kier alpha value is -1.60. The fourth-order valence-electron chi connectivity index (χ4n) is 2.73. The normalized spacial score (nSPS) is 16.0.